The van der Waals surface area contributed by atoms with E-state index < -0.39 is 24.5 Å². The average Bonchev–Trinajstić information content (AvgIpc) is 3.44. The molecule has 208 valence electrons. The molecule has 39 heavy (non-hydrogen) atoms. The normalized spacial score (nSPS) is 12.6. The number of hydrogen-bond donors (Lipinski definition) is 1. The molecule has 15 heteroatoms. The Bertz CT molecular complexity index is 1490. The predicted molar refractivity (Wildman–Crippen MR) is 140 cm³/mol. The summed E-state index contributed by atoms with van der Waals surface area (Å²) < 4.78 is 47.8. The molecule has 0 fully saturated rings. The monoisotopic (exact) mass is 585 g/mol. The largest absolute Gasteiger partial charge is 0.416 e. The summed E-state index contributed by atoms with van der Waals surface area (Å²) in [5.41, 5.74) is -0.0176. The molecule has 0 aliphatic heterocycles. The van der Waals surface area contributed by atoms with Crippen molar-refractivity contribution < 1.29 is 23.0 Å². The van der Waals surface area contributed by atoms with Crippen molar-refractivity contribution in [3.05, 3.63) is 74.9 Å². The number of halogens is 5. The summed E-state index contributed by atoms with van der Waals surface area (Å²) in [5, 5.41) is 19.3. The van der Waals surface area contributed by atoms with Gasteiger partial charge in [0.1, 0.15) is 6.54 Å². The minimum Gasteiger partial charge on any atom is -0.383 e. The summed E-state index contributed by atoms with van der Waals surface area (Å²) in [6.07, 6.45) is -7.71. The van der Waals surface area contributed by atoms with Gasteiger partial charge in [0.2, 0.25) is 5.95 Å². The number of benzene rings is 2. The molecule has 0 spiro atoms. The van der Waals surface area contributed by atoms with Crippen LogP contribution in [0.4, 0.5) is 19.1 Å². The van der Waals surface area contributed by atoms with Crippen LogP contribution in [0.2, 0.25) is 10.0 Å². The van der Waals surface area contributed by atoms with Crippen molar-refractivity contribution in [1.29, 1.82) is 0 Å². The zero-order chi connectivity index (χ0) is 28.3. The first-order chi connectivity index (χ1) is 18.5. The van der Waals surface area contributed by atoms with Gasteiger partial charge in [0.15, 0.2) is 17.8 Å². The molecule has 0 bridgehead atoms. The number of para-hydroxylation sites is 1. The van der Waals surface area contributed by atoms with E-state index in [-0.39, 0.29) is 18.2 Å². The van der Waals surface area contributed by atoms with Crippen LogP contribution >= 0.6 is 23.2 Å². The Hall–Kier alpha value is -3.39. The van der Waals surface area contributed by atoms with Crippen LogP contribution in [0.25, 0.3) is 17.1 Å². The van der Waals surface area contributed by atoms with Crippen LogP contribution in [0.15, 0.2) is 53.3 Å². The fourth-order valence-electron chi connectivity index (χ4n) is 3.70. The van der Waals surface area contributed by atoms with Crippen molar-refractivity contribution in [3.63, 3.8) is 0 Å². The summed E-state index contributed by atoms with van der Waals surface area (Å²) >= 11 is 12.3. The van der Waals surface area contributed by atoms with Gasteiger partial charge in [0.25, 0.3) is 0 Å². The van der Waals surface area contributed by atoms with Crippen molar-refractivity contribution in [2.45, 2.75) is 25.4 Å². The van der Waals surface area contributed by atoms with Crippen LogP contribution in [0.3, 0.4) is 0 Å². The quantitative estimate of drug-likeness (QED) is 0.303. The van der Waals surface area contributed by atoms with E-state index in [4.69, 9.17) is 27.9 Å². The minimum atomic E-state index is -4.93. The lowest BCUT2D eigenvalue weighted by Crippen LogP contribution is -2.37. The Labute approximate surface area is 230 Å². The molecule has 10 nitrogen and oxygen atoms in total. The van der Waals surface area contributed by atoms with Gasteiger partial charge in [-0.1, -0.05) is 35.3 Å². The average molecular weight is 586 g/mol. The van der Waals surface area contributed by atoms with Crippen molar-refractivity contribution in [2.75, 3.05) is 32.2 Å². The van der Waals surface area contributed by atoms with Crippen molar-refractivity contribution in [3.8, 4) is 17.1 Å². The summed E-state index contributed by atoms with van der Waals surface area (Å²) in [5.74, 6) is 0.468. The van der Waals surface area contributed by atoms with Gasteiger partial charge >= 0.3 is 11.9 Å². The Morgan fingerprint density at radius 2 is 1.79 bits per heavy atom. The van der Waals surface area contributed by atoms with E-state index in [1.54, 1.807) is 43.3 Å². The third-order valence-electron chi connectivity index (χ3n) is 5.74. The predicted octanol–water partition coefficient (Wildman–Crippen LogP) is 3.65. The third kappa shape index (κ3) is 6.44. The SMILES string of the molecule is COCCN(C)c1nc(Cn2nc(-c3ccc(Cl)cc3)n(CC(O)C(F)(F)F)c2=O)nn1-c1ccccc1Cl. The van der Waals surface area contributed by atoms with Gasteiger partial charge < -0.3 is 14.7 Å². The van der Waals surface area contributed by atoms with Gasteiger partial charge in [-0.05, 0) is 36.4 Å². The molecule has 2 aromatic carbocycles. The van der Waals surface area contributed by atoms with Gasteiger partial charge in [-0.15, -0.1) is 10.2 Å². The Balaban J connectivity index is 1.77. The third-order valence-corrected chi connectivity index (χ3v) is 6.31. The van der Waals surface area contributed by atoms with E-state index in [1.165, 1.54) is 28.9 Å². The van der Waals surface area contributed by atoms with Crippen LogP contribution in [-0.2, 0) is 17.8 Å². The number of likely N-dealkylation sites (N-methyl/N-ethyl adjacent to an activating group) is 1. The standard InChI is InChI=1S/C24H24Cl2F3N7O3/c1-33(11-12-39-2)22-30-20(31-36(22)18-6-4-3-5-17(18)26)14-35-23(38)34(13-19(37)24(27,28)29)21(32-35)15-7-9-16(25)10-8-15/h3-10,19,37H,11-14H2,1-2H3. The number of ether oxygens (including phenoxy) is 1. The lowest BCUT2D eigenvalue weighted by molar-refractivity contribution is -0.207. The number of rotatable bonds is 10. The van der Waals surface area contributed by atoms with Crippen LogP contribution in [0.5, 0.6) is 0 Å². The zero-order valence-electron chi connectivity index (χ0n) is 20.8. The van der Waals surface area contributed by atoms with E-state index in [1.807, 2.05) is 0 Å². The molecular formula is C24H24Cl2F3N7O3. The lowest BCUT2D eigenvalue weighted by Gasteiger charge is -2.18. The maximum Gasteiger partial charge on any atom is 0.416 e. The Morgan fingerprint density at radius 1 is 1.10 bits per heavy atom. The number of alkyl halides is 3. The van der Waals surface area contributed by atoms with Crippen molar-refractivity contribution >= 4 is 29.2 Å². The fraction of sp³-hybridized carbons (Fsp3) is 0.333. The van der Waals surface area contributed by atoms with Gasteiger partial charge in [0.05, 0.1) is 23.9 Å². The van der Waals surface area contributed by atoms with Gasteiger partial charge in [-0.25, -0.2) is 9.48 Å². The van der Waals surface area contributed by atoms with Crippen molar-refractivity contribution in [1.82, 2.24) is 29.1 Å². The van der Waals surface area contributed by atoms with E-state index in [2.05, 4.69) is 15.2 Å². The first kappa shape index (κ1) is 28.6. The molecule has 1 unspecified atom stereocenters. The molecule has 0 amide bonds. The van der Waals surface area contributed by atoms with E-state index in [9.17, 15) is 23.1 Å². The number of aliphatic hydroxyl groups excluding tert-OH is 1. The zero-order valence-corrected chi connectivity index (χ0v) is 22.3. The van der Waals surface area contributed by atoms with E-state index >= 15 is 0 Å². The Morgan fingerprint density at radius 3 is 2.44 bits per heavy atom. The molecule has 4 aromatic rings. The number of methoxy groups -OCH3 is 1. The van der Waals surface area contributed by atoms with Crippen LogP contribution in [-0.4, -0.2) is 73.8 Å². The van der Waals surface area contributed by atoms with E-state index in [0.29, 0.717) is 40.4 Å². The highest BCUT2D eigenvalue weighted by Crippen LogP contribution is 2.26. The molecule has 0 saturated carbocycles. The molecule has 0 aliphatic carbocycles. The summed E-state index contributed by atoms with van der Waals surface area (Å²) in [4.78, 5) is 19.6. The molecule has 0 saturated heterocycles. The second kappa shape index (κ2) is 11.8. The molecular weight excluding hydrogens is 562 g/mol. The molecule has 4 rings (SSSR count). The number of aromatic nitrogens is 6. The maximum absolute atomic E-state index is 13.2. The maximum atomic E-state index is 13.2. The van der Waals surface area contributed by atoms with Crippen molar-refractivity contribution in [2.24, 2.45) is 0 Å². The van der Waals surface area contributed by atoms with Gasteiger partial charge in [-0.2, -0.15) is 22.8 Å². The highest BCUT2D eigenvalue weighted by molar-refractivity contribution is 6.32. The minimum absolute atomic E-state index is 0.0806. The molecule has 2 aromatic heterocycles. The van der Waals surface area contributed by atoms with Gasteiger partial charge in [-0.3, -0.25) is 4.57 Å². The van der Waals surface area contributed by atoms with Gasteiger partial charge in [0, 0.05) is 31.3 Å². The highest BCUT2D eigenvalue weighted by atomic mass is 35.5. The number of hydrogen-bond acceptors (Lipinski definition) is 7. The first-order valence-corrected chi connectivity index (χ1v) is 12.3. The second-order valence-electron chi connectivity index (χ2n) is 8.54. The summed E-state index contributed by atoms with van der Waals surface area (Å²) in [6, 6.07) is 13.0. The fourth-order valence-corrected chi connectivity index (χ4v) is 4.05. The topological polar surface area (TPSA) is 103 Å². The first-order valence-electron chi connectivity index (χ1n) is 11.6. The summed E-state index contributed by atoms with van der Waals surface area (Å²) in [6.45, 7) is -0.454. The molecule has 1 atom stereocenters. The van der Waals surface area contributed by atoms with Crippen LogP contribution in [0.1, 0.15) is 5.82 Å². The Kier molecular flexibility index (Phi) is 8.64. The molecule has 1 N–H and O–H groups in total. The molecule has 0 radical (unpaired) electrons. The number of anilines is 1. The second-order valence-corrected chi connectivity index (χ2v) is 9.39. The van der Waals surface area contributed by atoms with Crippen LogP contribution in [0, 0.1) is 0 Å². The van der Waals surface area contributed by atoms with E-state index in [0.717, 1.165) is 9.25 Å². The number of nitrogens with zero attached hydrogens (tertiary/aromatic N) is 7. The lowest BCUT2D eigenvalue weighted by atomic mass is 10.2. The summed E-state index contributed by atoms with van der Waals surface area (Å²) in [7, 11) is 3.34. The smallest absolute Gasteiger partial charge is 0.383 e. The number of aliphatic hydroxyl groups is 1. The van der Waals surface area contributed by atoms with Crippen LogP contribution < -0.4 is 10.6 Å². The highest BCUT2D eigenvalue weighted by Gasteiger charge is 2.39. The molecule has 0 aliphatic rings. The molecule has 2 heterocycles.